The summed E-state index contributed by atoms with van der Waals surface area (Å²) in [4.78, 5) is 29.4. The Morgan fingerprint density at radius 3 is 2.43 bits per heavy atom. The minimum absolute atomic E-state index is 0.0243. The van der Waals surface area contributed by atoms with Gasteiger partial charge in [0, 0.05) is 75.6 Å². The predicted octanol–water partition coefficient (Wildman–Crippen LogP) is 3.75. The summed E-state index contributed by atoms with van der Waals surface area (Å²) in [7, 11) is 5.26. The Bertz CT molecular complexity index is 1420. The summed E-state index contributed by atoms with van der Waals surface area (Å²) in [5, 5.41) is 11.5. The molecular weight excluding hydrogens is 497 g/mol. The molecule has 0 saturated carbocycles. The fourth-order valence-electron chi connectivity index (χ4n) is 4.37. The van der Waals surface area contributed by atoms with Gasteiger partial charge in [0.2, 0.25) is 6.41 Å². The van der Waals surface area contributed by atoms with Crippen molar-refractivity contribution in [1.82, 2.24) is 9.47 Å². The Morgan fingerprint density at radius 1 is 1.14 bits per heavy atom. The van der Waals surface area contributed by atoms with Crippen LogP contribution in [0.5, 0.6) is 5.75 Å². The van der Waals surface area contributed by atoms with Crippen molar-refractivity contribution >= 4 is 29.4 Å². The van der Waals surface area contributed by atoms with Crippen LogP contribution in [-0.2, 0) is 11.8 Å². The minimum Gasteiger partial charge on any atom is -0.507 e. The SMILES string of the molecule is CN(C)/C=C\N(C=O)c1ccc(-c2cc(F)cc(-c3cc(N4CCC(N)C4)c(=O)n(C)c3)c2O)cc1Cl. The Morgan fingerprint density at radius 2 is 1.84 bits per heavy atom. The monoisotopic (exact) mass is 525 g/mol. The summed E-state index contributed by atoms with van der Waals surface area (Å²) in [5.41, 5.74) is 8.12. The van der Waals surface area contributed by atoms with Gasteiger partial charge in [-0.05, 0) is 42.3 Å². The molecule has 0 radical (unpaired) electrons. The van der Waals surface area contributed by atoms with Crippen LogP contribution in [0.25, 0.3) is 22.3 Å². The molecule has 0 spiro atoms. The number of phenols is 1. The van der Waals surface area contributed by atoms with Crippen LogP contribution in [-0.4, -0.2) is 54.2 Å². The fraction of sp³-hybridized carbons (Fsp3) is 0.259. The average Bonchev–Trinajstić information content (AvgIpc) is 3.29. The molecule has 2 aromatic carbocycles. The molecule has 37 heavy (non-hydrogen) atoms. The number of anilines is 2. The lowest BCUT2D eigenvalue weighted by Crippen LogP contribution is -2.32. The number of carbonyl (C=O) groups is 1. The fourth-order valence-corrected chi connectivity index (χ4v) is 4.65. The molecule has 2 heterocycles. The van der Waals surface area contributed by atoms with Gasteiger partial charge >= 0.3 is 0 Å². The van der Waals surface area contributed by atoms with Gasteiger partial charge in [-0.3, -0.25) is 14.5 Å². The molecule has 1 saturated heterocycles. The summed E-state index contributed by atoms with van der Waals surface area (Å²) in [6, 6.07) is 8.92. The Labute approximate surface area is 219 Å². The first-order valence-corrected chi connectivity index (χ1v) is 12.1. The van der Waals surface area contributed by atoms with Gasteiger partial charge in [0.1, 0.15) is 17.3 Å². The van der Waals surface area contributed by atoms with Crippen molar-refractivity contribution < 1.29 is 14.3 Å². The summed E-state index contributed by atoms with van der Waals surface area (Å²) in [6.07, 6.45) is 6.22. The lowest BCUT2D eigenvalue weighted by molar-refractivity contribution is -0.106. The number of halogens is 2. The van der Waals surface area contributed by atoms with Gasteiger partial charge in [0.15, 0.2) is 0 Å². The average molecular weight is 526 g/mol. The second kappa shape index (κ2) is 10.7. The van der Waals surface area contributed by atoms with Gasteiger partial charge in [-0.15, -0.1) is 0 Å². The van der Waals surface area contributed by atoms with Gasteiger partial charge in [-0.25, -0.2) is 4.39 Å². The number of pyridine rings is 1. The Hall–Kier alpha value is -3.82. The number of nitrogens with zero attached hydrogens (tertiary/aromatic N) is 4. The molecule has 1 aliphatic rings. The minimum atomic E-state index is -0.565. The number of rotatable bonds is 7. The molecule has 8 nitrogen and oxygen atoms in total. The van der Waals surface area contributed by atoms with Gasteiger partial charge in [-0.2, -0.15) is 0 Å². The van der Waals surface area contributed by atoms with Crippen LogP contribution >= 0.6 is 11.6 Å². The van der Waals surface area contributed by atoms with E-state index in [1.165, 1.54) is 21.6 Å². The maximum absolute atomic E-state index is 14.8. The van der Waals surface area contributed by atoms with Gasteiger partial charge < -0.3 is 25.2 Å². The first-order valence-electron chi connectivity index (χ1n) is 11.7. The van der Waals surface area contributed by atoms with E-state index in [0.717, 1.165) is 6.42 Å². The van der Waals surface area contributed by atoms with Crippen LogP contribution in [0.2, 0.25) is 5.02 Å². The van der Waals surface area contributed by atoms with Crippen molar-refractivity contribution in [2.75, 3.05) is 37.0 Å². The quantitative estimate of drug-likeness (QED) is 0.456. The lowest BCUT2D eigenvalue weighted by Gasteiger charge is -2.20. The number of aromatic nitrogens is 1. The molecule has 1 amide bonds. The molecule has 1 aromatic heterocycles. The number of nitrogens with two attached hydrogens (primary N) is 1. The van der Waals surface area contributed by atoms with E-state index in [1.54, 1.807) is 54.8 Å². The van der Waals surface area contributed by atoms with E-state index < -0.39 is 5.82 Å². The van der Waals surface area contributed by atoms with Crippen LogP contribution in [0.3, 0.4) is 0 Å². The molecule has 10 heteroatoms. The van der Waals surface area contributed by atoms with E-state index in [-0.39, 0.29) is 33.5 Å². The van der Waals surface area contributed by atoms with Gasteiger partial charge in [-0.1, -0.05) is 17.7 Å². The molecule has 4 rings (SSSR count). The molecule has 1 fully saturated rings. The largest absolute Gasteiger partial charge is 0.507 e. The maximum atomic E-state index is 14.8. The number of amides is 1. The van der Waals surface area contributed by atoms with Crippen molar-refractivity contribution in [3.05, 3.63) is 76.2 Å². The summed E-state index contributed by atoms with van der Waals surface area (Å²) in [5.74, 6) is -0.724. The standard InChI is InChI=1S/C27H29ClFN5O3/c1-31(2)8-9-34(16-35)24-5-4-17(10-23(24)28)21-12-19(29)13-22(26(21)36)18-11-25(27(37)32(3)14-18)33-7-6-20(30)15-33/h4-5,8-14,16,20,36H,6-7,15,30H2,1-3H3/b9-8-. The van der Waals surface area contributed by atoms with Crippen molar-refractivity contribution in [3.8, 4) is 28.0 Å². The number of hydrogen-bond donors (Lipinski definition) is 2. The molecule has 0 aliphatic carbocycles. The Kier molecular flexibility index (Phi) is 7.56. The molecule has 1 aliphatic heterocycles. The predicted molar refractivity (Wildman–Crippen MR) is 145 cm³/mol. The first kappa shape index (κ1) is 26.2. The molecular formula is C27H29ClFN5O3. The summed E-state index contributed by atoms with van der Waals surface area (Å²) >= 11 is 6.48. The van der Waals surface area contributed by atoms with Crippen molar-refractivity contribution in [2.24, 2.45) is 12.8 Å². The second-order valence-corrected chi connectivity index (χ2v) is 9.72. The maximum Gasteiger partial charge on any atom is 0.273 e. The normalized spacial score (nSPS) is 15.4. The van der Waals surface area contributed by atoms with E-state index in [4.69, 9.17) is 17.3 Å². The number of phenolic OH excluding ortho intramolecular Hbond substituents is 1. The van der Waals surface area contributed by atoms with E-state index >= 15 is 0 Å². The zero-order chi connectivity index (χ0) is 26.9. The van der Waals surface area contributed by atoms with Gasteiger partial charge in [0.25, 0.3) is 5.56 Å². The highest BCUT2D eigenvalue weighted by molar-refractivity contribution is 6.34. The number of aryl methyl sites for hydroxylation is 1. The van der Waals surface area contributed by atoms with Crippen LogP contribution < -0.4 is 21.1 Å². The van der Waals surface area contributed by atoms with Crippen LogP contribution in [0.15, 0.2) is 59.8 Å². The smallest absolute Gasteiger partial charge is 0.273 e. The highest BCUT2D eigenvalue weighted by Gasteiger charge is 2.24. The molecule has 1 atom stereocenters. The van der Waals surface area contributed by atoms with Crippen molar-refractivity contribution in [1.29, 1.82) is 0 Å². The summed E-state index contributed by atoms with van der Waals surface area (Å²) < 4.78 is 16.3. The zero-order valence-electron chi connectivity index (χ0n) is 20.9. The molecule has 194 valence electrons. The molecule has 3 N–H and O–H groups in total. The lowest BCUT2D eigenvalue weighted by atomic mass is 9.97. The highest BCUT2D eigenvalue weighted by atomic mass is 35.5. The zero-order valence-corrected chi connectivity index (χ0v) is 21.6. The third-order valence-corrected chi connectivity index (χ3v) is 6.59. The third kappa shape index (κ3) is 5.47. The van der Waals surface area contributed by atoms with Crippen LogP contribution in [0, 0.1) is 5.82 Å². The Balaban J connectivity index is 1.77. The van der Waals surface area contributed by atoms with Gasteiger partial charge in [0.05, 0.1) is 10.7 Å². The van der Waals surface area contributed by atoms with E-state index in [0.29, 0.717) is 42.0 Å². The molecule has 1 unspecified atom stereocenters. The number of benzene rings is 2. The number of aromatic hydroxyl groups is 1. The van der Waals surface area contributed by atoms with E-state index in [2.05, 4.69) is 0 Å². The van der Waals surface area contributed by atoms with E-state index in [9.17, 15) is 19.1 Å². The molecule has 0 bridgehead atoms. The highest BCUT2D eigenvalue weighted by Crippen LogP contribution is 2.41. The first-order chi connectivity index (χ1) is 17.6. The summed E-state index contributed by atoms with van der Waals surface area (Å²) in [6.45, 7) is 1.19. The topological polar surface area (TPSA) is 95.0 Å². The second-order valence-electron chi connectivity index (χ2n) is 9.31. The van der Waals surface area contributed by atoms with Crippen molar-refractivity contribution in [2.45, 2.75) is 12.5 Å². The van der Waals surface area contributed by atoms with Crippen molar-refractivity contribution in [3.63, 3.8) is 0 Å². The van der Waals surface area contributed by atoms with Crippen LogP contribution in [0.4, 0.5) is 15.8 Å². The van der Waals surface area contributed by atoms with Crippen LogP contribution in [0.1, 0.15) is 6.42 Å². The van der Waals surface area contributed by atoms with E-state index in [1.807, 2.05) is 19.0 Å². The number of hydrogen-bond acceptors (Lipinski definition) is 6. The number of carbonyl (C=O) groups excluding carboxylic acids is 1. The third-order valence-electron chi connectivity index (χ3n) is 6.29. The molecule has 3 aromatic rings.